The van der Waals surface area contributed by atoms with Gasteiger partial charge < -0.3 is 9.47 Å². The minimum absolute atomic E-state index is 0.00655. The molecule has 3 nitrogen and oxygen atoms in total. The zero-order valence-corrected chi connectivity index (χ0v) is 15.9. The smallest absolute Gasteiger partial charge is 0.161 e. The van der Waals surface area contributed by atoms with Gasteiger partial charge in [-0.25, -0.2) is 0 Å². The standard InChI is InChI=1S/C23H28O3/c1-6-17-13-18(23-19(24)9-7-15(4)22(17)23)11-16-8-10-20(25-5)21(12-16)26-14(2)3/h6-10,12,14,17-18,22-23H,1,4,11,13H2,2-3,5H3/t17-,18+,22+,23+/m0/s1. The monoisotopic (exact) mass is 352 g/mol. The van der Waals surface area contributed by atoms with Gasteiger partial charge in [0.2, 0.25) is 0 Å². The molecule has 0 bridgehead atoms. The van der Waals surface area contributed by atoms with Crippen molar-refractivity contribution in [1.82, 2.24) is 0 Å². The van der Waals surface area contributed by atoms with Gasteiger partial charge in [-0.1, -0.05) is 30.4 Å². The first-order chi connectivity index (χ1) is 12.4. The number of hydrogen-bond donors (Lipinski definition) is 0. The molecule has 0 saturated heterocycles. The van der Waals surface area contributed by atoms with Gasteiger partial charge in [-0.3, -0.25) is 4.79 Å². The molecule has 3 rings (SSSR count). The van der Waals surface area contributed by atoms with Crippen LogP contribution >= 0.6 is 0 Å². The largest absolute Gasteiger partial charge is 0.493 e. The summed E-state index contributed by atoms with van der Waals surface area (Å²) in [7, 11) is 1.65. The molecule has 0 heterocycles. The van der Waals surface area contributed by atoms with Crippen molar-refractivity contribution in [3.8, 4) is 11.5 Å². The van der Waals surface area contributed by atoms with E-state index in [1.54, 1.807) is 13.2 Å². The Labute approximate surface area is 156 Å². The van der Waals surface area contributed by atoms with Crippen LogP contribution in [0.25, 0.3) is 0 Å². The van der Waals surface area contributed by atoms with Gasteiger partial charge in [-0.05, 0) is 68.2 Å². The predicted octanol–water partition coefficient (Wildman–Crippen LogP) is 4.77. The van der Waals surface area contributed by atoms with Crippen molar-refractivity contribution in [3.05, 3.63) is 60.7 Å². The van der Waals surface area contributed by atoms with Gasteiger partial charge in [0.25, 0.3) is 0 Å². The van der Waals surface area contributed by atoms with Crippen LogP contribution in [-0.2, 0) is 11.2 Å². The minimum atomic E-state index is 0.00655. The normalized spacial score (nSPS) is 27.5. The highest BCUT2D eigenvalue weighted by molar-refractivity contribution is 5.94. The fraction of sp³-hybridized carbons (Fsp3) is 0.435. The highest BCUT2D eigenvalue weighted by Crippen LogP contribution is 2.49. The van der Waals surface area contributed by atoms with Crippen LogP contribution in [0.1, 0.15) is 25.8 Å². The van der Waals surface area contributed by atoms with Gasteiger partial charge in [0.15, 0.2) is 17.3 Å². The summed E-state index contributed by atoms with van der Waals surface area (Å²) in [4.78, 5) is 12.6. The molecule has 26 heavy (non-hydrogen) atoms. The number of benzene rings is 1. The van der Waals surface area contributed by atoms with E-state index in [4.69, 9.17) is 9.47 Å². The van der Waals surface area contributed by atoms with Gasteiger partial charge in [0, 0.05) is 5.92 Å². The maximum atomic E-state index is 12.6. The van der Waals surface area contributed by atoms with Gasteiger partial charge in [-0.2, -0.15) is 0 Å². The topological polar surface area (TPSA) is 35.5 Å². The molecule has 0 aliphatic heterocycles. The van der Waals surface area contributed by atoms with E-state index in [1.165, 1.54) is 5.56 Å². The van der Waals surface area contributed by atoms with Crippen LogP contribution in [-0.4, -0.2) is 19.0 Å². The van der Waals surface area contributed by atoms with E-state index < -0.39 is 0 Å². The van der Waals surface area contributed by atoms with Crippen molar-refractivity contribution in [3.63, 3.8) is 0 Å². The van der Waals surface area contributed by atoms with Crippen molar-refractivity contribution in [2.45, 2.75) is 32.8 Å². The molecule has 0 N–H and O–H groups in total. The molecule has 0 amide bonds. The first-order valence-corrected chi connectivity index (χ1v) is 9.31. The Morgan fingerprint density at radius 1 is 1.23 bits per heavy atom. The molecule has 2 aliphatic rings. The number of ketones is 1. The molecule has 1 fully saturated rings. The lowest BCUT2D eigenvalue weighted by Gasteiger charge is -2.28. The molecule has 1 saturated carbocycles. The van der Waals surface area contributed by atoms with E-state index in [0.717, 1.165) is 29.9 Å². The molecular formula is C23H28O3. The molecule has 2 aliphatic carbocycles. The molecule has 0 radical (unpaired) electrons. The van der Waals surface area contributed by atoms with E-state index in [0.29, 0.717) is 5.92 Å². The van der Waals surface area contributed by atoms with E-state index >= 15 is 0 Å². The zero-order chi connectivity index (χ0) is 18.8. The number of fused-ring (bicyclic) bond motifs is 1. The van der Waals surface area contributed by atoms with Crippen molar-refractivity contribution in [1.29, 1.82) is 0 Å². The fourth-order valence-electron chi connectivity index (χ4n) is 4.48. The number of allylic oxidation sites excluding steroid dienone is 4. The molecule has 4 atom stereocenters. The number of hydrogen-bond acceptors (Lipinski definition) is 3. The van der Waals surface area contributed by atoms with E-state index in [1.807, 2.05) is 38.1 Å². The lowest BCUT2D eigenvalue weighted by atomic mass is 9.75. The number of carbonyl (C=O) groups is 1. The molecular weight excluding hydrogens is 324 g/mol. The Morgan fingerprint density at radius 2 is 2.00 bits per heavy atom. The highest BCUT2D eigenvalue weighted by atomic mass is 16.5. The number of ether oxygens (including phenoxy) is 2. The first-order valence-electron chi connectivity index (χ1n) is 9.31. The Balaban J connectivity index is 1.86. The van der Waals surface area contributed by atoms with Gasteiger partial charge in [-0.15, -0.1) is 6.58 Å². The van der Waals surface area contributed by atoms with Crippen LogP contribution in [0.15, 0.2) is 55.2 Å². The fourth-order valence-corrected chi connectivity index (χ4v) is 4.48. The highest BCUT2D eigenvalue weighted by Gasteiger charge is 2.46. The lowest BCUT2D eigenvalue weighted by molar-refractivity contribution is -0.120. The third kappa shape index (κ3) is 3.48. The third-order valence-corrected chi connectivity index (χ3v) is 5.54. The first kappa shape index (κ1) is 18.5. The quantitative estimate of drug-likeness (QED) is 0.692. The van der Waals surface area contributed by atoms with Crippen molar-refractivity contribution < 1.29 is 14.3 Å². The second-order valence-electron chi connectivity index (χ2n) is 7.61. The minimum Gasteiger partial charge on any atom is -0.493 e. The average Bonchev–Trinajstić information content (AvgIpc) is 2.97. The Kier molecular flexibility index (Phi) is 5.36. The summed E-state index contributed by atoms with van der Waals surface area (Å²) in [5.41, 5.74) is 2.23. The van der Waals surface area contributed by atoms with Crippen LogP contribution in [0, 0.1) is 23.7 Å². The summed E-state index contributed by atoms with van der Waals surface area (Å²) >= 11 is 0. The molecule has 1 aromatic carbocycles. The lowest BCUT2D eigenvalue weighted by Crippen LogP contribution is -2.29. The Hall–Kier alpha value is -2.29. The SMILES string of the molecule is C=C[C@H]1C[C@@H](Cc2ccc(OC)c(OC(C)C)c2)[C@@H]2C(=O)C=CC(=C)[C@@H]21. The van der Waals surface area contributed by atoms with Crippen molar-refractivity contribution >= 4 is 5.78 Å². The number of rotatable bonds is 6. The summed E-state index contributed by atoms with van der Waals surface area (Å²) < 4.78 is 11.3. The summed E-state index contributed by atoms with van der Waals surface area (Å²) in [6.07, 6.45) is 7.46. The van der Waals surface area contributed by atoms with Gasteiger partial charge in [0.05, 0.1) is 13.2 Å². The van der Waals surface area contributed by atoms with Crippen LogP contribution < -0.4 is 9.47 Å². The number of carbonyl (C=O) groups excluding carboxylic acids is 1. The molecule has 0 unspecified atom stereocenters. The van der Waals surface area contributed by atoms with Crippen LogP contribution in [0.4, 0.5) is 0 Å². The average molecular weight is 352 g/mol. The summed E-state index contributed by atoms with van der Waals surface area (Å²) in [5.74, 6) is 2.53. The third-order valence-electron chi connectivity index (χ3n) is 5.54. The van der Waals surface area contributed by atoms with E-state index in [-0.39, 0.29) is 29.6 Å². The second kappa shape index (κ2) is 7.53. The second-order valence-corrected chi connectivity index (χ2v) is 7.61. The van der Waals surface area contributed by atoms with Gasteiger partial charge in [0.1, 0.15) is 0 Å². The predicted molar refractivity (Wildman–Crippen MR) is 105 cm³/mol. The summed E-state index contributed by atoms with van der Waals surface area (Å²) in [6, 6.07) is 6.07. The molecule has 0 aromatic heterocycles. The van der Waals surface area contributed by atoms with Crippen molar-refractivity contribution in [2.75, 3.05) is 7.11 Å². The molecule has 0 spiro atoms. The zero-order valence-electron chi connectivity index (χ0n) is 15.9. The molecule has 1 aromatic rings. The van der Waals surface area contributed by atoms with Gasteiger partial charge >= 0.3 is 0 Å². The van der Waals surface area contributed by atoms with E-state index in [2.05, 4.69) is 19.2 Å². The van der Waals surface area contributed by atoms with E-state index in [9.17, 15) is 4.79 Å². The van der Waals surface area contributed by atoms with Crippen LogP contribution in [0.2, 0.25) is 0 Å². The maximum Gasteiger partial charge on any atom is 0.161 e. The molecule has 3 heteroatoms. The van der Waals surface area contributed by atoms with Crippen LogP contribution in [0.3, 0.4) is 0 Å². The van der Waals surface area contributed by atoms with Crippen LogP contribution in [0.5, 0.6) is 11.5 Å². The number of methoxy groups -OCH3 is 1. The van der Waals surface area contributed by atoms with Crippen molar-refractivity contribution in [2.24, 2.45) is 23.7 Å². The maximum absolute atomic E-state index is 12.6. The molecule has 138 valence electrons. The Morgan fingerprint density at radius 3 is 2.65 bits per heavy atom. The summed E-state index contributed by atoms with van der Waals surface area (Å²) in [5, 5.41) is 0. The summed E-state index contributed by atoms with van der Waals surface area (Å²) in [6.45, 7) is 12.2. The Bertz CT molecular complexity index is 744.